The van der Waals surface area contributed by atoms with Gasteiger partial charge >= 0.3 is 0 Å². The number of para-hydroxylation sites is 1. The predicted molar refractivity (Wildman–Crippen MR) is 92.6 cm³/mol. The lowest BCUT2D eigenvalue weighted by molar-refractivity contribution is 0.306. The summed E-state index contributed by atoms with van der Waals surface area (Å²) in [5.41, 5.74) is 3.24. The molecule has 0 saturated heterocycles. The van der Waals surface area contributed by atoms with Crippen molar-refractivity contribution in [3.63, 3.8) is 0 Å². The zero-order valence-electron chi connectivity index (χ0n) is 12.6. The Morgan fingerprint density at radius 2 is 1.87 bits per heavy atom. The van der Waals surface area contributed by atoms with Crippen molar-refractivity contribution in [3.05, 3.63) is 65.8 Å². The average molecular weight is 321 g/mol. The lowest BCUT2D eigenvalue weighted by atomic mass is 10.1. The number of aryl methyl sites for hydroxylation is 1. The lowest BCUT2D eigenvalue weighted by Crippen LogP contribution is -1.95. The van der Waals surface area contributed by atoms with E-state index in [9.17, 15) is 0 Å². The first-order valence-electron chi connectivity index (χ1n) is 7.35. The van der Waals surface area contributed by atoms with Gasteiger partial charge in [-0.15, -0.1) is 11.3 Å². The lowest BCUT2D eigenvalue weighted by Gasteiger charge is -2.06. The molecular weight excluding hydrogens is 306 g/mol. The summed E-state index contributed by atoms with van der Waals surface area (Å²) in [6, 6.07) is 18.2. The van der Waals surface area contributed by atoms with Gasteiger partial charge in [-0.05, 0) is 42.5 Å². The number of thiazole rings is 1. The van der Waals surface area contributed by atoms with Gasteiger partial charge in [-0.25, -0.2) is 4.98 Å². The van der Waals surface area contributed by atoms with Gasteiger partial charge in [0, 0.05) is 18.8 Å². The van der Waals surface area contributed by atoms with Crippen LogP contribution in [0.4, 0.5) is 0 Å². The quantitative estimate of drug-likeness (QED) is 0.563. The molecule has 0 radical (unpaired) electrons. The molecule has 5 heteroatoms. The molecule has 23 heavy (non-hydrogen) atoms. The molecule has 0 bridgehead atoms. The summed E-state index contributed by atoms with van der Waals surface area (Å²) in [5, 5.41) is 5.18. The molecule has 0 atom stereocenters. The summed E-state index contributed by atoms with van der Waals surface area (Å²) in [5.74, 6) is 0.843. The largest absolute Gasteiger partial charge is 0.486 e. The zero-order valence-corrected chi connectivity index (χ0v) is 13.5. The van der Waals surface area contributed by atoms with Gasteiger partial charge in [0.05, 0.1) is 15.9 Å². The van der Waals surface area contributed by atoms with E-state index in [-0.39, 0.29) is 0 Å². The Kier molecular flexibility index (Phi) is 3.55. The highest BCUT2D eigenvalue weighted by atomic mass is 32.1. The number of aromatic nitrogens is 3. The first kappa shape index (κ1) is 14.0. The Balaban J connectivity index is 1.48. The van der Waals surface area contributed by atoms with Crippen LogP contribution < -0.4 is 4.74 Å². The van der Waals surface area contributed by atoms with Gasteiger partial charge in [-0.3, -0.25) is 4.68 Å². The molecule has 0 fully saturated rings. The highest BCUT2D eigenvalue weighted by molar-refractivity contribution is 7.18. The van der Waals surface area contributed by atoms with Crippen molar-refractivity contribution >= 4 is 21.6 Å². The third-order valence-electron chi connectivity index (χ3n) is 3.67. The summed E-state index contributed by atoms with van der Waals surface area (Å²) in [4.78, 5) is 4.58. The van der Waals surface area contributed by atoms with E-state index in [0.717, 1.165) is 27.5 Å². The van der Waals surface area contributed by atoms with Gasteiger partial charge in [-0.2, -0.15) is 5.10 Å². The second-order valence-electron chi connectivity index (χ2n) is 5.23. The fourth-order valence-electron chi connectivity index (χ4n) is 2.51. The number of benzene rings is 2. The molecule has 0 aliphatic carbocycles. The van der Waals surface area contributed by atoms with Gasteiger partial charge in [0.2, 0.25) is 0 Å². The van der Waals surface area contributed by atoms with E-state index in [1.165, 1.54) is 4.70 Å². The van der Waals surface area contributed by atoms with E-state index in [0.29, 0.717) is 6.61 Å². The van der Waals surface area contributed by atoms with E-state index < -0.39 is 0 Å². The number of hydrogen-bond donors (Lipinski definition) is 0. The molecule has 4 aromatic rings. The van der Waals surface area contributed by atoms with Crippen LogP contribution in [0.3, 0.4) is 0 Å². The maximum absolute atomic E-state index is 5.85. The first-order chi connectivity index (χ1) is 11.3. The molecule has 0 amide bonds. The number of ether oxygens (including phenoxy) is 1. The second-order valence-corrected chi connectivity index (χ2v) is 6.34. The molecule has 0 N–H and O–H groups in total. The third-order valence-corrected chi connectivity index (χ3v) is 4.68. The molecular formula is C18H15N3OS. The van der Waals surface area contributed by atoms with Gasteiger partial charge in [0.25, 0.3) is 0 Å². The highest BCUT2D eigenvalue weighted by Gasteiger charge is 2.05. The molecule has 0 saturated carbocycles. The van der Waals surface area contributed by atoms with Crippen LogP contribution in [0.1, 0.15) is 5.01 Å². The van der Waals surface area contributed by atoms with Crippen molar-refractivity contribution in [2.45, 2.75) is 6.61 Å². The van der Waals surface area contributed by atoms with Crippen molar-refractivity contribution in [2.24, 2.45) is 7.05 Å². The van der Waals surface area contributed by atoms with E-state index in [1.54, 1.807) is 17.5 Å². The minimum absolute atomic E-state index is 0.490. The molecule has 4 rings (SSSR count). The topological polar surface area (TPSA) is 39.9 Å². The van der Waals surface area contributed by atoms with Gasteiger partial charge in [0.1, 0.15) is 17.4 Å². The molecule has 114 valence electrons. The Morgan fingerprint density at radius 3 is 2.61 bits per heavy atom. The SMILES string of the molecule is Cn1nccc1-c1ccc(OCc2nc3ccccc3s2)cc1. The summed E-state index contributed by atoms with van der Waals surface area (Å²) < 4.78 is 8.90. The molecule has 2 aromatic carbocycles. The summed E-state index contributed by atoms with van der Waals surface area (Å²) in [6.07, 6.45) is 1.80. The number of fused-ring (bicyclic) bond motifs is 1. The van der Waals surface area contributed by atoms with E-state index >= 15 is 0 Å². The van der Waals surface area contributed by atoms with Gasteiger partial charge < -0.3 is 4.74 Å². The normalized spacial score (nSPS) is 11.0. The van der Waals surface area contributed by atoms with Gasteiger partial charge in [0.15, 0.2) is 0 Å². The Labute approximate surface area is 138 Å². The van der Waals surface area contributed by atoms with Gasteiger partial charge in [-0.1, -0.05) is 12.1 Å². The number of hydrogen-bond acceptors (Lipinski definition) is 4. The summed E-state index contributed by atoms with van der Waals surface area (Å²) in [6.45, 7) is 0.490. The third kappa shape index (κ3) is 2.83. The maximum atomic E-state index is 5.85. The van der Waals surface area contributed by atoms with Crippen LogP contribution in [-0.2, 0) is 13.7 Å². The van der Waals surface area contributed by atoms with Crippen LogP contribution in [-0.4, -0.2) is 14.8 Å². The fraction of sp³-hybridized carbons (Fsp3) is 0.111. The standard InChI is InChI=1S/C18H15N3OS/c1-21-16(10-11-19-21)13-6-8-14(9-7-13)22-12-18-20-15-4-2-3-5-17(15)23-18/h2-11H,12H2,1H3. The molecule has 0 aliphatic heterocycles. The highest BCUT2D eigenvalue weighted by Crippen LogP contribution is 2.25. The van der Waals surface area contributed by atoms with Crippen LogP contribution in [0.15, 0.2) is 60.8 Å². The fourth-order valence-corrected chi connectivity index (χ4v) is 3.39. The molecule has 0 aliphatic rings. The van der Waals surface area contributed by atoms with Crippen LogP contribution >= 0.6 is 11.3 Å². The Hall–Kier alpha value is -2.66. The van der Waals surface area contributed by atoms with E-state index in [4.69, 9.17) is 4.74 Å². The summed E-state index contributed by atoms with van der Waals surface area (Å²) >= 11 is 1.67. The van der Waals surface area contributed by atoms with Crippen LogP contribution in [0.5, 0.6) is 5.75 Å². The average Bonchev–Trinajstić information content (AvgIpc) is 3.19. The van der Waals surface area contributed by atoms with Crippen LogP contribution in [0.2, 0.25) is 0 Å². The molecule has 0 unspecified atom stereocenters. The van der Waals surface area contributed by atoms with Crippen molar-refractivity contribution in [1.29, 1.82) is 0 Å². The van der Waals surface area contributed by atoms with E-state index in [2.05, 4.69) is 16.1 Å². The van der Waals surface area contributed by atoms with Crippen LogP contribution in [0, 0.1) is 0 Å². The van der Waals surface area contributed by atoms with Crippen molar-refractivity contribution in [2.75, 3.05) is 0 Å². The molecule has 0 spiro atoms. The van der Waals surface area contributed by atoms with Crippen molar-refractivity contribution < 1.29 is 4.74 Å². The first-order valence-corrected chi connectivity index (χ1v) is 8.17. The summed E-state index contributed by atoms with van der Waals surface area (Å²) in [7, 11) is 1.94. The van der Waals surface area contributed by atoms with Crippen molar-refractivity contribution in [3.8, 4) is 17.0 Å². The molecule has 4 nitrogen and oxygen atoms in total. The minimum Gasteiger partial charge on any atom is -0.486 e. The molecule has 2 heterocycles. The Bertz CT molecular complexity index is 907. The number of rotatable bonds is 4. The zero-order chi connectivity index (χ0) is 15.6. The van der Waals surface area contributed by atoms with Crippen molar-refractivity contribution in [1.82, 2.24) is 14.8 Å². The monoisotopic (exact) mass is 321 g/mol. The minimum atomic E-state index is 0.490. The predicted octanol–water partition coefficient (Wildman–Crippen LogP) is 4.28. The number of nitrogens with zero attached hydrogens (tertiary/aromatic N) is 3. The second kappa shape index (κ2) is 5.85. The Morgan fingerprint density at radius 1 is 1.04 bits per heavy atom. The molecule has 2 aromatic heterocycles. The van der Waals surface area contributed by atoms with E-state index in [1.807, 2.05) is 60.3 Å². The van der Waals surface area contributed by atoms with Crippen LogP contribution in [0.25, 0.3) is 21.5 Å². The smallest absolute Gasteiger partial charge is 0.140 e. The maximum Gasteiger partial charge on any atom is 0.140 e.